The quantitative estimate of drug-likeness (QED) is 0.817. The average Bonchev–Trinajstić information content (AvgIpc) is 2.57. The monoisotopic (exact) mass is 340 g/mol. The lowest BCUT2D eigenvalue weighted by molar-refractivity contribution is 0.102. The third-order valence-corrected chi connectivity index (χ3v) is 4.01. The van der Waals surface area contributed by atoms with Crippen LogP contribution in [0.4, 0.5) is 11.5 Å². The molecule has 0 spiro atoms. The summed E-state index contributed by atoms with van der Waals surface area (Å²) in [4.78, 5) is 23.8. The minimum atomic E-state index is -0.201. The van der Waals surface area contributed by atoms with Crippen LogP contribution in [0.25, 0.3) is 0 Å². The zero-order chi connectivity index (χ0) is 18.4. The normalized spacial score (nSPS) is 10.6. The fourth-order valence-corrected chi connectivity index (χ4v) is 2.77. The number of aromatic nitrogens is 2. The number of benzene rings is 1. The summed E-state index contributed by atoms with van der Waals surface area (Å²) < 4.78 is 0. The highest BCUT2D eigenvalue weighted by Gasteiger charge is 2.15. The Balaban J connectivity index is 2.28. The highest BCUT2D eigenvalue weighted by Crippen LogP contribution is 2.19. The third-order valence-electron chi connectivity index (χ3n) is 4.01. The van der Waals surface area contributed by atoms with Crippen molar-refractivity contribution in [1.82, 2.24) is 9.97 Å². The van der Waals surface area contributed by atoms with Gasteiger partial charge in [-0.3, -0.25) is 4.79 Å². The van der Waals surface area contributed by atoms with Crippen LogP contribution >= 0.6 is 0 Å². The number of nitrogens with one attached hydrogen (secondary N) is 1. The van der Waals surface area contributed by atoms with E-state index in [0.717, 1.165) is 48.6 Å². The van der Waals surface area contributed by atoms with Gasteiger partial charge in [0.1, 0.15) is 17.3 Å². The van der Waals surface area contributed by atoms with Crippen molar-refractivity contribution < 1.29 is 4.79 Å². The first-order valence-corrected chi connectivity index (χ1v) is 8.93. The minimum Gasteiger partial charge on any atom is -0.357 e. The predicted octanol–water partition coefficient (Wildman–Crippen LogP) is 4.28. The number of anilines is 2. The molecule has 0 unspecified atom stereocenters. The second-order valence-electron chi connectivity index (χ2n) is 6.42. The number of hydrogen-bond acceptors (Lipinski definition) is 4. The van der Waals surface area contributed by atoms with Crippen LogP contribution in [0.3, 0.4) is 0 Å². The van der Waals surface area contributed by atoms with Crippen molar-refractivity contribution in [2.45, 2.75) is 47.5 Å². The van der Waals surface area contributed by atoms with E-state index in [1.54, 1.807) is 6.07 Å². The molecule has 2 aromatic rings. The summed E-state index contributed by atoms with van der Waals surface area (Å²) in [5.74, 6) is 1.23. The van der Waals surface area contributed by atoms with Gasteiger partial charge in [0.25, 0.3) is 5.91 Å². The summed E-state index contributed by atoms with van der Waals surface area (Å²) in [6.45, 7) is 11.9. The topological polar surface area (TPSA) is 58.1 Å². The molecule has 0 aliphatic rings. The van der Waals surface area contributed by atoms with E-state index in [1.807, 2.05) is 39.0 Å². The molecule has 1 N–H and O–H groups in total. The van der Waals surface area contributed by atoms with E-state index in [4.69, 9.17) is 0 Å². The molecule has 0 aliphatic heterocycles. The first kappa shape index (κ1) is 18.9. The van der Waals surface area contributed by atoms with Crippen molar-refractivity contribution in [2.24, 2.45) is 0 Å². The van der Waals surface area contributed by atoms with Crippen LogP contribution in [0, 0.1) is 20.8 Å². The van der Waals surface area contributed by atoms with E-state index in [9.17, 15) is 4.79 Å². The summed E-state index contributed by atoms with van der Waals surface area (Å²) >= 11 is 0. The molecule has 1 aromatic carbocycles. The minimum absolute atomic E-state index is 0.201. The first-order valence-electron chi connectivity index (χ1n) is 8.93. The van der Waals surface area contributed by atoms with Gasteiger partial charge in [0.15, 0.2) is 0 Å². The molecule has 0 bridgehead atoms. The van der Waals surface area contributed by atoms with Crippen LogP contribution in [0.1, 0.15) is 54.1 Å². The Morgan fingerprint density at radius 3 is 2.36 bits per heavy atom. The van der Waals surface area contributed by atoms with E-state index in [0.29, 0.717) is 11.5 Å². The highest BCUT2D eigenvalue weighted by atomic mass is 16.1. The second-order valence-corrected chi connectivity index (χ2v) is 6.42. The van der Waals surface area contributed by atoms with Gasteiger partial charge in [-0.1, -0.05) is 26.0 Å². The number of aryl methyl sites for hydroxylation is 3. The second kappa shape index (κ2) is 8.60. The van der Waals surface area contributed by atoms with Gasteiger partial charge in [-0.2, -0.15) is 0 Å². The molecule has 25 heavy (non-hydrogen) atoms. The van der Waals surface area contributed by atoms with Crippen molar-refractivity contribution in [3.63, 3.8) is 0 Å². The summed E-state index contributed by atoms with van der Waals surface area (Å²) in [5.41, 5.74) is 3.36. The van der Waals surface area contributed by atoms with Gasteiger partial charge >= 0.3 is 0 Å². The van der Waals surface area contributed by atoms with Gasteiger partial charge in [-0.15, -0.1) is 0 Å². The Bertz CT molecular complexity index is 736. The van der Waals surface area contributed by atoms with Crippen LogP contribution in [0.5, 0.6) is 0 Å². The van der Waals surface area contributed by atoms with E-state index >= 15 is 0 Å². The summed E-state index contributed by atoms with van der Waals surface area (Å²) in [7, 11) is 0. The van der Waals surface area contributed by atoms with Crippen LogP contribution < -0.4 is 10.2 Å². The number of nitrogens with zero attached hydrogens (tertiary/aromatic N) is 3. The Labute approximate surface area is 150 Å². The fraction of sp³-hybridized carbons (Fsp3) is 0.450. The van der Waals surface area contributed by atoms with Gasteiger partial charge in [-0.25, -0.2) is 9.97 Å². The summed E-state index contributed by atoms with van der Waals surface area (Å²) in [5, 5.41) is 2.98. The molecule has 1 heterocycles. The Kier molecular flexibility index (Phi) is 6.51. The molecule has 0 atom stereocenters. The zero-order valence-electron chi connectivity index (χ0n) is 15.9. The lowest BCUT2D eigenvalue weighted by atomic mass is 10.1. The molecule has 134 valence electrons. The molecular formula is C20H28N4O. The number of rotatable bonds is 7. The van der Waals surface area contributed by atoms with Gasteiger partial charge in [0.05, 0.1) is 0 Å². The van der Waals surface area contributed by atoms with E-state index in [-0.39, 0.29) is 5.91 Å². The van der Waals surface area contributed by atoms with Gasteiger partial charge in [0, 0.05) is 24.8 Å². The van der Waals surface area contributed by atoms with Crippen molar-refractivity contribution in [3.8, 4) is 0 Å². The van der Waals surface area contributed by atoms with Crippen molar-refractivity contribution in [2.75, 3.05) is 23.3 Å². The Hall–Kier alpha value is -2.43. The fourth-order valence-electron chi connectivity index (χ4n) is 2.77. The zero-order valence-corrected chi connectivity index (χ0v) is 15.9. The maximum atomic E-state index is 12.7. The van der Waals surface area contributed by atoms with Crippen molar-refractivity contribution in [3.05, 3.63) is 46.9 Å². The van der Waals surface area contributed by atoms with E-state index in [1.165, 1.54) is 0 Å². The Morgan fingerprint density at radius 1 is 1.04 bits per heavy atom. The van der Waals surface area contributed by atoms with Gasteiger partial charge < -0.3 is 10.2 Å². The number of hydrogen-bond donors (Lipinski definition) is 1. The molecule has 5 heteroatoms. The number of carbonyl (C=O) groups is 1. The highest BCUT2D eigenvalue weighted by molar-refractivity contribution is 6.03. The predicted molar refractivity (Wildman–Crippen MR) is 103 cm³/mol. The maximum absolute atomic E-state index is 12.7. The molecule has 0 saturated carbocycles. The maximum Gasteiger partial charge on any atom is 0.274 e. The van der Waals surface area contributed by atoms with Crippen molar-refractivity contribution in [1.29, 1.82) is 0 Å². The van der Waals surface area contributed by atoms with Crippen molar-refractivity contribution >= 4 is 17.4 Å². The molecule has 1 amide bonds. The van der Waals surface area contributed by atoms with Gasteiger partial charge in [-0.05, 0) is 50.8 Å². The van der Waals surface area contributed by atoms with E-state index in [2.05, 4.69) is 34.0 Å². The standard InChI is InChI=1S/C20H28N4O/c1-6-10-24(11-7-2)19-13-18(21-16(5)22-19)20(25)23-17-12-14(3)8-9-15(17)4/h8-9,12-13H,6-7,10-11H2,1-5H3,(H,23,25). The number of carbonyl (C=O) groups excluding carboxylic acids is 1. The van der Waals surface area contributed by atoms with Crippen LogP contribution in [-0.4, -0.2) is 29.0 Å². The summed E-state index contributed by atoms with van der Waals surface area (Å²) in [6, 6.07) is 7.80. The lowest BCUT2D eigenvalue weighted by Gasteiger charge is -2.23. The molecule has 1 aromatic heterocycles. The van der Waals surface area contributed by atoms with Crippen LogP contribution in [-0.2, 0) is 0 Å². The first-order chi connectivity index (χ1) is 11.9. The molecule has 2 rings (SSSR count). The smallest absolute Gasteiger partial charge is 0.274 e. The molecule has 0 fully saturated rings. The van der Waals surface area contributed by atoms with Gasteiger partial charge in [0.2, 0.25) is 0 Å². The SMILES string of the molecule is CCCN(CCC)c1cc(C(=O)Nc2cc(C)ccc2C)nc(C)n1. The van der Waals surface area contributed by atoms with Crippen LogP contribution in [0.15, 0.2) is 24.3 Å². The lowest BCUT2D eigenvalue weighted by Crippen LogP contribution is -2.27. The largest absolute Gasteiger partial charge is 0.357 e. The molecular weight excluding hydrogens is 312 g/mol. The molecule has 5 nitrogen and oxygen atoms in total. The van der Waals surface area contributed by atoms with Crippen LogP contribution in [0.2, 0.25) is 0 Å². The molecule has 0 aliphatic carbocycles. The molecule has 0 radical (unpaired) electrons. The summed E-state index contributed by atoms with van der Waals surface area (Å²) in [6.07, 6.45) is 2.07. The van der Waals surface area contributed by atoms with E-state index < -0.39 is 0 Å². The average molecular weight is 340 g/mol. The third kappa shape index (κ3) is 5.02. The number of amides is 1. The molecule has 0 saturated heterocycles. The Morgan fingerprint density at radius 2 is 1.72 bits per heavy atom.